The molecule has 142 valence electrons. The maximum Gasteiger partial charge on any atom is 0.249 e. The van der Waals surface area contributed by atoms with E-state index in [1.807, 2.05) is 12.1 Å². The summed E-state index contributed by atoms with van der Waals surface area (Å²) in [6.45, 7) is 2.92. The molecule has 7 heteroatoms. The van der Waals surface area contributed by atoms with Crippen molar-refractivity contribution in [2.24, 2.45) is 11.8 Å². The van der Waals surface area contributed by atoms with Gasteiger partial charge >= 0.3 is 0 Å². The van der Waals surface area contributed by atoms with Crippen molar-refractivity contribution in [1.29, 1.82) is 0 Å². The summed E-state index contributed by atoms with van der Waals surface area (Å²) in [5, 5.41) is 0. The lowest BCUT2D eigenvalue weighted by atomic mass is 9.75. The summed E-state index contributed by atoms with van der Waals surface area (Å²) >= 11 is 0. The van der Waals surface area contributed by atoms with E-state index in [1.165, 1.54) is 0 Å². The number of rotatable bonds is 6. The van der Waals surface area contributed by atoms with Gasteiger partial charge in [0.25, 0.3) is 0 Å². The number of carbonyl (C=O) groups excluding carboxylic acids is 1. The molecule has 3 heterocycles. The van der Waals surface area contributed by atoms with Crippen molar-refractivity contribution in [3.05, 3.63) is 30.1 Å². The van der Waals surface area contributed by atoms with Crippen LogP contribution < -0.4 is 0 Å². The van der Waals surface area contributed by atoms with Crippen LogP contribution in [0.1, 0.15) is 31.2 Å². The molecule has 4 rings (SSSR count). The lowest BCUT2D eigenvalue weighted by Gasteiger charge is -2.52. The van der Waals surface area contributed by atoms with Crippen molar-refractivity contribution in [3.63, 3.8) is 0 Å². The Morgan fingerprint density at radius 2 is 2.19 bits per heavy atom. The van der Waals surface area contributed by atoms with Crippen LogP contribution >= 0.6 is 0 Å². The van der Waals surface area contributed by atoms with Crippen LogP contribution in [0.5, 0.6) is 0 Å². The number of aromatic nitrogens is 1. The molecule has 2 aliphatic heterocycles. The van der Waals surface area contributed by atoms with Crippen LogP contribution in [0.3, 0.4) is 0 Å². The predicted octanol–water partition coefficient (Wildman–Crippen LogP) is 2.65. The van der Waals surface area contributed by atoms with Crippen molar-refractivity contribution in [1.82, 2.24) is 9.88 Å². The molecular weight excluding hydrogens is 342 g/mol. The summed E-state index contributed by atoms with van der Waals surface area (Å²) in [7, 11) is 0. The van der Waals surface area contributed by atoms with Gasteiger partial charge in [0, 0.05) is 44.4 Å². The van der Waals surface area contributed by atoms with Crippen LogP contribution in [0.15, 0.2) is 24.5 Å². The Kier molecular flexibility index (Phi) is 4.69. The lowest BCUT2D eigenvalue weighted by molar-refractivity contribution is -0.185. The fourth-order valence-corrected chi connectivity index (χ4v) is 4.29. The zero-order chi connectivity index (χ0) is 18.2. The second-order valence-electron chi connectivity index (χ2n) is 7.76. The monoisotopic (exact) mass is 366 g/mol. The first kappa shape index (κ1) is 17.8. The van der Waals surface area contributed by atoms with E-state index in [9.17, 15) is 13.6 Å². The maximum atomic E-state index is 13.0. The molecule has 5 nitrogen and oxygen atoms in total. The average Bonchev–Trinajstić information content (AvgIpc) is 2.99. The van der Waals surface area contributed by atoms with Crippen molar-refractivity contribution in [2.45, 2.75) is 43.8 Å². The minimum atomic E-state index is -2.65. The summed E-state index contributed by atoms with van der Waals surface area (Å²) in [4.78, 5) is 18.0. The van der Waals surface area contributed by atoms with Gasteiger partial charge in [0.05, 0.1) is 19.7 Å². The van der Waals surface area contributed by atoms with Crippen LogP contribution in [0.25, 0.3) is 0 Å². The standard InChI is InChI=1S/C19H24F2N2O3/c20-19(21)8-15(9-19)17(24)23-12-18(13-23)16(4-7-26-18)3-6-25-11-14-2-1-5-22-10-14/h1-2,5,10,15-16H,3-4,6-9,11-13H2. The molecule has 3 aliphatic rings. The first-order valence-corrected chi connectivity index (χ1v) is 9.25. The third kappa shape index (κ3) is 3.47. The molecule has 1 aromatic rings. The highest BCUT2D eigenvalue weighted by Gasteiger charge is 2.57. The van der Waals surface area contributed by atoms with Gasteiger partial charge in [0.2, 0.25) is 11.8 Å². The molecule has 2 saturated heterocycles. The highest BCUT2D eigenvalue weighted by atomic mass is 19.3. The van der Waals surface area contributed by atoms with Crippen molar-refractivity contribution in [2.75, 3.05) is 26.3 Å². The molecule has 26 heavy (non-hydrogen) atoms. The van der Waals surface area contributed by atoms with E-state index in [4.69, 9.17) is 9.47 Å². The Bertz CT molecular complexity index is 641. The van der Waals surface area contributed by atoms with Gasteiger partial charge in [-0.25, -0.2) is 8.78 Å². The van der Waals surface area contributed by atoms with Gasteiger partial charge in [-0.15, -0.1) is 0 Å². The highest BCUT2D eigenvalue weighted by molar-refractivity contribution is 5.81. The number of hydrogen-bond acceptors (Lipinski definition) is 4. The van der Waals surface area contributed by atoms with Crippen molar-refractivity contribution in [3.8, 4) is 0 Å². The minimum Gasteiger partial charge on any atom is -0.377 e. The van der Waals surface area contributed by atoms with Crippen LogP contribution in [-0.4, -0.2) is 53.6 Å². The maximum absolute atomic E-state index is 13.0. The first-order chi connectivity index (χ1) is 12.5. The molecule has 1 aromatic heterocycles. The number of nitrogens with zero attached hydrogens (tertiary/aromatic N) is 2. The van der Waals surface area contributed by atoms with E-state index in [0.29, 0.717) is 38.8 Å². The molecule has 1 aliphatic carbocycles. The lowest BCUT2D eigenvalue weighted by Crippen LogP contribution is -2.67. The molecular formula is C19H24F2N2O3. The summed E-state index contributed by atoms with van der Waals surface area (Å²) < 4.78 is 37.6. The molecule has 0 N–H and O–H groups in total. The number of halogens is 2. The van der Waals surface area contributed by atoms with Gasteiger partial charge in [-0.1, -0.05) is 6.07 Å². The quantitative estimate of drug-likeness (QED) is 0.727. The fourth-order valence-electron chi connectivity index (χ4n) is 4.29. The minimum absolute atomic E-state index is 0.136. The number of likely N-dealkylation sites (tertiary alicyclic amines) is 1. The van der Waals surface area contributed by atoms with Crippen molar-refractivity contribution < 1.29 is 23.0 Å². The molecule has 0 radical (unpaired) electrons. The smallest absolute Gasteiger partial charge is 0.249 e. The predicted molar refractivity (Wildman–Crippen MR) is 89.6 cm³/mol. The zero-order valence-corrected chi connectivity index (χ0v) is 14.7. The van der Waals surface area contributed by atoms with Gasteiger partial charge in [-0.2, -0.15) is 0 Å². The Morgan fingerprint density at radius 1 is 1.38 bits per heavy atom. The Balaban J connectivity index is 1.21. The summed E-state index contributed by atoms with van der Waals surface area (Å²) in [6.07, 6.45) is 4.75. The molecule has 1 amide bonds. The van der Waals surface area contributed by atoms with Gasteiger partial charge in [-0.3, -0.25) is 9.78 Å². The number of alkyl halides is 2. The molecule has 1 spiro atoms. The number of carbonyl (C=O) groups is 1. The van der Waals surface area contributed by atoms with Gasteiger partial charge in [0.1, 0.15) is 5.60 Å². The number of hydrogen-bond donors (Lipinski definition) is 0. The Labute approximate surface area is 151 Å². The number of pyridine rings is 1. The van der Waals surface area contributed by atoms with Crippen LogP contribution in [0, 0.1) is 11.8 Å². The summed E-state index contributed by atoms with van der Waals surface area (Å²) in [6, 6.07) is 3.86. The average molecular weight is 366 g/mol. The topological polar surface area (TPSA) is 51.7 Å². The normalized spacial score (nSPS) is 26.5. The largest absolute Gasteiger partial charge is 0.377 e. The highest BCUT2D eigenvalue weighted by Crippen LogP contribution is 2.47. The van der Waals surface area contributed by atoms with Crippen LogP contribution in [-0.2, 0) is 20.9 Å². The fraction of sp³-hybridized carbons (Fsp3) is 0.684. The molecule has 1 saturated carbocycles. The SMILES string of the molecule is O=C(C1CC(F)(F)C1)N1CC2(C1)OCCC2CCOCc1cccnc1. The van der Waals surface area contributed by atoms with Crippen LogP contribution in [0.4, 0.5) is 8.78 Å². The first-order valence-electron chi connectivity index (χ1n) is 9.25. The summed E-state index contributed by atoms with van der Waals surface area (Å²) in [5.41, 5.74) is 0.752. The van der Waals surface area contributed by atoms with E-state index in [-0.39, 0.29) is 24.3 Å². The van der Waals surface area contributed by atoms with E-state index >= 15 is 0 Å². The van der Waals surface area contributed by atoms with E-state index < -0.39 is 11.8 Å². The second kappa shape index (κ2) is 6.85. The molecule has 0 aromatic carbocycles. The molecule has 1 unspecified atom stereocenters. The van der Waals surface area contributed by atoms with Crippen molar-refractivity contribution >= 4 is 5.91 Å². The van der Waals surface area contributed by atoms with Gasteiger partial charge in [-0.05, 0) is 30.4 Å². The van der Waals surface area contributed by atoms with Gasteiger partial charge in [0.15, 0.2) is 0 Å². The number of ether oxygens (including phenoxy) is 2. The van der Waals surface area contributed by atoms with Gasteiger partial charge < -0.3 is 14.4 Å². The third-order valence-electron chi connectivity index (χ3n) is 5.87. The van der Waals surface area contributed by atoms with E-state index in [0.717, 1.165) is 18.4 Å². The molecule has 1 atom stereocenters. The van der Waals surface area contributed by atoms with E-state index in [1.54, 1.807) is 17.3 Å². The summed E-state index contributed by atoms with van der Waals surface area (Å²) in [5.74, 6) is -2.95. The molecule has 3 fully saturated rings. The Morgan fingerprint density at radius 3 is 2.88 bits per heavy atom. The number of amides is 1. The molecule has 0 bridgehead atoms. The van der Waals surface area contributed by atoms with E-state index in [2.05, 4.69) is 4.98 Å². The zero-order valence-electron chi connectivity index (χ0n) is 14.7. The Hall–Kier alpha value is -1.60. The third-order valence-corrected chi connectivity index (χ3v) is 5.87. The second-order valence-corrected chi connectivity index (χ2v) is 7.76. The van der Waals surface area contributed by atoms with Crippen LogP contribution in [0.2, 0.25) is 0 Å².